The number of fused-ring (bicyclic) bond motifs is 1. The number of pyridine rings is 1. The number of rotatable bonds is 0. The van der Waals surface area contributed by atoms with E-state index in [1.54, 1.807) is 12.1 Å². The number of nitrogens with two attached hydrogens (primary N) is 1. The van der Waals surface area contributed by atoms with Crippen molar-refractivity contribution in [3.05, 3.63) is 32.7 Å². The van der Waals surface area contributed by atoms with E-state index < -0.39 is 0 Å². The van der Waals surface area contributed by atoms with Crippen LogP contribution >= 0.6 is 39.1 Å². The Morgan fingerprint density at radius 1 is 1.21 bits per heavy atom. The smallest absolute Gasteiger partial charge is 0.138 e. The molecule has 0 aliphatic heterocycles. The van der Waals surface area contributed by atoms with Crippen molar-refractivity contribution in [1.29, 1.82) is 0 Å². The second-order valence-electron chi connectivity index (χ2n) is 2.78. The lowest BCUT2D eigenvalue weighted by Gasteiger charge is -2.04. The van der Waals surface area contributed by atoms with Gasteiger partial charge in [0.15, 0.2) is 0 Å². The van der Waals surface area contributed by atoms with Gasteiger partial charge in [0.1, 0.15) is 5.82 Å². The first-order valence-electron chi connectivity index (χ1n) is 3.79. The van der Waals surface area contributed by atoms with Gasteiger partial charge in [-0.1, -0.05) is 23.2 Å². The molecular weight excluding hydrogens is 287 g/mol. The Bertz CT molecular complexity index is 467. The predicted molar refractivity (Wildman–Crippen MR) is 63.9 cm³/mol. The van der Waals surface area contributed by atoms with Crippen LogP contribution in [-0.4, -0.2) is 4.98 Å². The number of hydrogen-bond donors (Lipinski definition) is 1. The van der Waals surface area contributed by atoms with Crippen LogP contribution in [0.1, 0.15) is 0 Å². The van der Waals surface area contributed by atoms with Crippen LogP contribution in [0.3, 0.4) is 0 Å². The Kier molecular flexibility index (Phi) is 2.56. The molecule has 5 heteroatoms. The zero-order valence-corrected chi connectivity index (χ0v) is 9.99. The highest BCUT2D eigenvalue weighted by molar-refractivity contribution is 9.10. The maximum absolute atomic E-state index is 5.99. The summed E-state index contributed by atoms with van der Waals surface area (Å²) in [4.78, 5) is 4.15. The molecule has 0 saturated carbocycles. The molecule has 0 amide bonds. The molecule has 14 heavy (non-hydrogen) atoms. The molecule has 72 valence electrons. The monoisotopic (exact) mass is 290 g/mol. The van der Waals surface area contributed by atoms with E-state index in [0.29, 0.717) is 25.9 Å². The normalized spacial score (nSPS) is 10.8. The van der Waals surface area contributed by atoms with Crippen molar-refractivity contribution in [2.24, 2.45) is 0 Å². The summed E-state index contributed by atoms with van der Waals surface area (Å²) in [5.74, 6) is 0.404. The molecule has 1 heterocycles. The fraction of sp³-hybridized carbons (Fsp3) is 0. The predicted octanol–water partition coefficient (Wildman–Crippen LogP) is 3.89. The van der Waals surface area contributed by atoms with Gasteiger partial charge in [-0.2, -0.15) is 0 Å². The van der Waals surface area contributed by atoms with E-state index in [1.807, 2.05) is 6.07 Å². The number of nitrogen functional groups attached to an aromatic ring is 1. The number of nitrogens with zero attached hydrogens (tertiary/aromatic N) is 1. The second-order valence-corrected chi connectivity index (χ2v) is 4.45. The van der Waals surface area contributed by atoms with Crippen molar-refractivity contribution in [2.75, 3.05) is 5.73 Å². The highest BCUT2D eigenvalue weighted by Gasteiger charge is 2.07. The molecule has 2 aromatic rings. The zero-order valence-electron chi connectivity index (χ0n) is 6.89. The van der Waals surface area contributed by atoms with Gasteiger partial charge in [0, 0.05) is 5.39 Å². The third-order valence-corrected chi connectivity index (χ3v) is 3.13. The van der Waals surface area contributed by atoms with E-state index in [-0.39, 0.29) is 0 Å². The Morgan fingerprint density at radius 2 is 1.86 bits per heavy atom. The van der Waals surface area contributed by atoms with E-state index in [9.17, 15) is 0 Å². The summed E-state index contributed by atoms with van der Waals surface area (Å²) in [5, 5.41) is 1.95. The van der Waals surface area contributed by atoms with Gasteiger partial charge in [-0.25, -0.2) is 4.98 Å². The van der Waals surface area contributed by atoms with Gasteiger partial charge >= 0.3 is 0 Å². The molecule has 0 fully saturated rings. The first kappa shape index (κ1) is 10.0. The molecule has 0 aliphatic rings. The Labute approximate surface area is 99.1 Å². The van der Waals surface area contributed by atoms with Gasteiger partial charge in [-0.15, -0.1) is 0 Å². The summed E-state index contributed by atoms with van der Waals surface area (Å²) in [6, 6.07) is 5.25. The minimum atomic E-state index is 0.404. The van der Waals surface area contributed by atoms with Gasteiger partial charge in [0.25, 0.3) is 0 Å². The number of anilines is 1. The number of benzene rings is 1. The first-order chi connectivity index (χ1) is 6.59. The molecule has 2 N–H and O–H groups in total. The fourth-order valence-electron chi connectivity index (χ4n) is 1.18. The number of halogens is 3. The van der Waals surface area contributed by atoms with Crippen LogP contribution in [0.15, 0.2) is 22.7 Å². The fourth-order valence-corrected chi connectivity index (χ4v) is 1.91. The van der Waals surface area contributed by atoms with Gasteiger partial charge in [0.2, 0.25) is 0 Å². The van der Waals surface area contributed by atoms with Crippen LogP contribution in [0.2, 0.25) is 10.0 Å². The Balaban J connectivity index is 2.94. The van der Waals surface area contributed by atoms with Gasteiger partial charge < -0.3 is 5.73 Å². The molecule has 1 aromatic heterocycles. The van der Waals surface area contributed by atoms with Crippen LogP contribution in [0.25, 0.3) is 10.9 Å². The number of aromatic nitrogens is 1. The Morgan fingerprint density at radius 3 is 2.57 bits per heavy atom. The largest absolute Gasteiger partial charge is 0.383 e. The molecule has 0 unspecified atom stereocenters. The van der Waals surface area contributed by atoms with E-state index in [0.717, 1.165) is 5.39 Å². The quantitative estimate of drug-likeness (QED) is 0.800. The summed E-state index contributed by atoms with van der Waals surface area (Å²) in [6.45, 7) is 0. The topological polar surface area (TPSA) is 38.9 Å². The molecule has 0 spiro atoms. The summed E-state index contributed by atoms with van der Waals surface area (Å²) in [7, 11) is 0. The van der Waals surface area contributed by atoms with Crippen LogP contribution < -0.4 is 5.73 Å². The van der Waals surface area contributed by atoms with Crippen molar-refractivity contribution in [3.63, 3.8) is 0 Å². The van der Waals surface area contributed by atoms with Crippen molar-refractivity contribution in [1.82, 2.24) is 4.98 Å². The van der Waals surface area contributed by atoms with Gasteiger partial charge in [-0.3, -0.25) is 0 Å². The van der Waals surface area contributed by atoms with E-state index >= 15 is 0 Å². The minimum absolute atomic E-state index is 0.404. The van der Waals surface area contributed by atoms with Crippen molar-refractivity contribution in [2.45, 2.75) is 0 Å². The van der Waals surface area contributed by atoms with E-state index in [1.165, 1.54) is 0 Å². The summed E-state index contributed by atoms with van der Waals surface area (Å²) < 4.78 is 0.717. The lowest BCUT2D eigenvalue weighted by molar-refractivity contribution is 1.39. The van der Waals surface area contributed by atoms with Crippen LogP contribution in [-0.2, 0) is 0 Å². The minimum Gasteiger partial charge on any atom is -0.383 e. The molecule has 1 aromatic carbocycles. The van der Waals surface area contributed by atoms with Crippen LogP contribution in [0.4, 0.5) is 5.82 Å². The van der Waals surface area contributed by atoms with Gasteiger partial charge in [-0.05, 0) is 34.1 Å². The summed E-state index contributed by atoms with van der Waals surface area (Å²) in [5.41, 5.74) is 6.27. The maximum atomic E-state index is 5.99. The van der Waals surface area contributed by atoms with Crippen LogP contribution in [0, 0.1) is 0 Å². The second kappa shape index (κ2) is 3.57. The zero-order chi connectivity index (χ0) is 10.3. The highest BCUT2D eigenvalue weighted by Crippen LogP contribution is 2.32. The molecule has 0 radical (unpaired) electrons. The molecular formula is C9H5BrCl2N2. The van der Waals surface area contributed by atoms with Crippen molar-refractivity contribution in [3.8, 4) is 0 Å². The van der Waals surface area contributed by atoms with Crippen LogP contribution in [0.5, 0.6) is 0 Å². The molecule has 0 aliphatic carbocycles. The first-order valence-corrected chi connectivity index (χ1v) is 5.34. The standard InChI is InChI=1S/C9H5BrCl2N2/c10-5-3-4-6(11)1-2-7(12)8(4)14-9(5)13/h1-3H,(H2,13,14). The lowest BCUT2D eigenvalue weighted by atomic mass is 10.2. The Hall–Kier alpha value is -0.510. The maximum Gasteiger partial charge on any atom is 0.138 e. The van der Waals surface area contributed by atoms with E-state index in [4.69, 9.17) is 28.9 Å². The molecule has 0 bridgehead atoms. The molecule has 2 rings (SSSR count). The number of hydrogen-bond acceptors (Lipinski definition) is 2. The third kappa shape index (κ3) is 1.56. The summed E-state index contributed by atoms with van der Waals surface area (Å²) in [6.07, 6.45) is 0. The molecule has 0 atom stereocenters. The van der Waals surface area contributed by atoms with Crippen molar-refractivity contribution >= 4 is 55.9 Å². The average molecular weight is 292 g/mol. The lowest BCUT2D eigenvalue weighted by Crippen LogP contribution is -1.92. The SMILES string of the molecule is Nc1nc2c(Cl)ccc(Cl)c2cc1Br. The van der Waals surface area contributed by atoms with Crippen molar-refractivity contribution < 1.29 is 0 Å². The molecule has 0 saturated heterocycles. The third-order valence-electron chi connectivity index (χ3n) is 1.86. The summed E-state index contributed by atoms with van der Waals surface area (Å²) >= 11 is 15.2. The molecule has 2 nitrogen and oxygen atoms in total. The highest BCUT2D eigenvalue weighted by atomic mass is 79.9. The average Bonchev–Trinajstić information content (AvgIpc) is 2.15. The van der Waals surface area contributed by atoms with E-state index in [2.05, 4.69) is 20.9 Å². The van der Waals surface area contributed by atoms with Gasteiger partial charge in [0.05, 0.1) is 20.0 Å².